The Morgan fingerprint density at radius 2 is 1.62 bits per heavy atom. The Balaban J connectivity index is 1.58. The largest absolute Gasteiger partial charge is 0.460 e. The lowest BCUT2D eigenvalue weighted by molar-refractivity contribution is 0.0453. The van der Waals surface area contributed by atoms with Crippen LogP contribution in [0.3, 0.4) is 0 Å². The summed E-state index contributed by atoms with van der Waals surface area (Å²) in [5, 5.41) is 1.89. The summed E-state index contributed by atoms with van der Waals surface area (Å²) in [6, 6.07) is 27.0. The highest BCUT2D eigenvalue weighted by atomic mass is 79.9. The van der Waals surface area contributed by atoms with Gasteiger partial charge in [0.05, 0.1) is 17.9 Å². The molecule has 0 radical (unpaired) electrons. The number of carbonyl (C=O) groups is 1. The molecule has 3 aromatic rings. The van der Waals surface area contributed by atoms with E-state index in [-0.39, 0.29) is 18.6 Å². The lowest BCUT2D eigenvalue weighted by atomic mass is 9.94. The molecule has 6 heteroatoms. The zero-order valence-corrected chi connectivity index (χ0v) is 18.7. The molecule has 29 heavy (non-hydrogen) atoms. The van der Waals surface area contributed by atoms with Crippen LogP contribution in [-0.4, -0.2) is 23.5 Å². The molecule has 0 unspecified atom stereocenters. The second kappa shape index (κ2) is 8.69. The molecule has 1 fully saturated rings. The molecule has 1 saturated heterocycles. The molecule has 1 aliphatic rings. The molecular formula is C23H19Br2NO3. The first-order valence-corrected chi connectivity index (χ1v) is 10.8. The van der Waals surface area contributed by atoms with Crippen LogP contribution in [0.4, 0.5) is 5.69 Å². The van der Waals surface area contributed by atoms with Gasteiger partial charge in [0, 0.05) is 4.47 Å². The third-order valence-electron chi connectivity index (χ3n) is 4.82. The van der Waals surface area contributed by atoms with Gasteiger partial charge in [-0.1, -0.05) is 80.4 Å². The highest BCUT2D eigenvalue weighted by Gasteiger charge is 2.49. The zero-order valence-electron chi connectivity index (χ0n) is 15.5. The lowest BCUT2D eigenvalue weighted by Gasteiger charge is -2.32. The number of hydrogen-bond acceptors (Lipinski definition) is 4. The molecule has 0 bridgehead atoms. The van der Waals surface area contributed by atoms with Crippen molar-refractivity contribution in [2.75, 3.05) is 18.3 Å². The molecule has 148 valence electrons. The molecule has 2 atom stereocenters. The van der Waals surface area contributed by atoms with Crippen LogP contribution < -0.4 is 5.06 Å². The number of hydrogen-bond donors (Lipinski definition) is 0. The molecule has 3 aromatic carbocycles. The third kappa shape index (κ3) is 4.39. The van der Waals surface area contributed by atoms with E-state index in [9.17, 15) is 4.79 Å². The number of alkyl halides is 1. The summed E-state index contributed by atoms with van der Waals surface area (Å²) in [7, 11) is 0. The minimum Gasteiger partial charge on any atom is -0.460 e. The Labute approximate surface area is 186 Å². The molecule has 0 aromatic heterocycles. The summed E-state index contributed by atoms with van der Waals surface area (Å²) in [6.07, 6.45) is 0. The SMILES string of the molecule is O=C(OC[C@@]1(Br)CON(c2ccccc2)[C@@H]1c1ccccc1)c1ccc(Br)cc1. The summed E-state index contributed by atoms with van der Waals surface area (Å²) in [5.41, 5.74) is 2.53. The summed E-state index contributed by atoms with van der Waals surface area (Å²) >= 11 is 7.22. The van der Waals surface area contributed by atoms with Gasteiger partial charge < -0.3 is 4.74 Å². The predicted molar refractivity (Wildman–Crippen MR) is 120 cm³/mol. The van der Waals surface area contributed by atoms with Crippen molar-refractivity contribution in [1.29, 1.82) is 0 Å². The Morgan fingerprint density at radius 3 is 2.28 bits per heavy atom. The van der Waals surface area contributed by atoms with Crippen molar-refractivity contribution in [3.63, 3.8) is 0 Å². The van der Waals surface area contributed by atoms with Crippen LogP contribution >= 0.6 is 31.9 Å². The molecule has 0 aliphatic carbocycles. The van der Waals surface area contributed by atoms with E-state index in [4.69, 9.17) is 9.57 Å². The van der Waals surface area contributed by atoms with E-state index in [1.165, 1.54) is 0 Å². The molecule has 0 saturated carbocycles. The third-order valence-corrected chi connectivity index (χ3v) is 6.24. The van der Waals surface area contributed by atoms with Crippen molar-refractivity contribution in [3.8, 4) is 0 Å². The lowest BCUT2D eigenvalue weighted by Crippen LogP contribution is -2.38. The smallest absolute Gasteiger partial charge is 0.338 e. The second-order valence-corrected chi connectivity index (χ2v) is 9.36. The average molecular weight is 517 g/mol. The van der Waals surface area contributed by atoms with Gasteiger partial charge in [0.15, 0.2) is 0 Å². The van der Waals surface area contributed by atoms with Gasteiger partial charge in [0.25, 0.3) is 0 Å². The first-order chi connectivity index (χ1) is 14.1. The quantitative estimate of drug-likeness (QED) is 0.311. The van der Waals surface area contributed by atoms with Crippen LogP contribution in [-0.2, 0) is 9.57 Å². The van der Waals surface area contributed by atoms with E-state index in [1.807, 2.05) is 65.7 Å². The molecule has 1 heterocycles. The van der Waals surface area contributed by atoms with Crippen molar-refractivity contribution in [1.82, 2.24) is 0 Å². The Morgan fingerprint density at radius 1 is 1.00 bits per heavy atom. The van der Waals surface area contributed by atoms with Gasteiger partial charge in [0.2, 0.25) is 0 Å². The van der Waals surface area contributed by atoms with E-state index in [0.717, 1.165) is 15.7 Å². The van der Waals surface area contributed by atoms with Crippen LogP contribution in [0, 0.1) is 0 Å². The van der Waals surface area contributed by atoms with E-state index >= 15 is 0 Å². The average Bonchev–Trinajstić information content (AvgIpc) is 3.11. The maximum absolute atomic E-state index is 12.5. The number of anilines is 1. The van der Waals surface area contributed by atoms with E-state index in [2.05, 4.69) is 44.0 Å². The molecule has 4 nitrogen and oxygen atoms in total. The number of carbonyl (C=O) groups excluding carboxylic acids is 1. The monoisotopic (exact) mass is 515 g/mol. The number of para-hydroxylation sites is 1. The Bertz CT molecular complexity index is 966. The fraction of sp³-hybridized carbons (Fsp3) is 0.174. The van der Waals surface area contributed by atoms with Gasteiger partial charge >= 0.3 is 5.97 Å². The number of rotatable bonds is 5. The standard InChI is InChI=1S/C23H19Br2NO3/c24-19-13-11-18(12-14-19)22(27)28-15-23(25)16-29-26(20-9-5-2-6-10-20)21(23)17-7-3-1-4-8-17/h1-14,21H,15-16H2/t21-,23-/m1/s1. The van der Waals surface area contributed by atoms with Crippen LogP contribution in [0.25, 0.3) is 0 Å². The van der Waals surface area contributed by atoms with Crippen LogP contribution in [0.15, 0.2) is 89.4 Å². The highest BCUT2D eigenvalue weighted by molar-refractivity contribution is 9.10. The molecule has 0 amide bonds. The summed E-state index contributed by atoms with van der Waals surface area (Å²) in [6.45, 7) is 0.542. The molecule has 0 spiro atoms. The molecule has 0 N–H and O–H groups in total. The van der Waals surface area contributed by atoms with Crippen molar-refractivity contribution in [2.45, 2.75) is 10.4 Å². The first kappa shape index (κ1) is 20.1. The number of esters is 1. The van der Waals surface area contributed by atoms with Gasteiger partial charge in [-0.05, 0) is 42.0 Å². The van der Waals surface area contributed by atoms with Crippen molar-refractivity contribution in [2.24, 2.45) is 0 Å². The normalized spacial score (nSPS) is 21.2. The Hall–Kier alpha value is -2.15. The maximum atomic E-state index is 12.5. The van der Waals surface area contributed by atoms with Crippen molar-refractivity contribution >= 4 is 43.5 Å². The highest BCUT2D eigenvalue weighted by Crippen LogP contribution is 2.46. The zero-order chi connectivity index (χ0) is 20.3. The minimum atomic E-state index is -0.588. The van der Waals surface area contributed by atoms with Gasteiger partial charge in [-0.15, -0.1) is 0 Å². The molecule has 1 aliphatic heterocycles. The van der Waals surface area contributed by atoms with E-state index in [0.29, 0.717) is 12.2 Å². The number of hydroxylamine groups is 1. The van der Waals surface area contributed by atoms with Gasteiger partial charge in [-0.3, -0.25) is 4.84 Å². The van der Waals surface area contributed by atoms with Gasteiger partial charge in [0.1, 0.15) is 17.0 Å². The Kier molecular flexibility index (Phi) is 6.04. The summed E-state index contributed by atoms with van der Waals surface area (Å²) in [4.78, 5) is 18.6. The van der Waals surface area contributed by atoms with E-state index in [1.54, 1.807) is 12.1 Å². The number of nitrogens with zero attached hydrogens (tertiary/aromatic N) is 1. The summed E-state index contributed by atoms with van der Waals surface area (Å²) < 4.78 is 6.01. The number of benzene rings is 3. The molecular weight excluding hydrogens is 498 g/mol. The topological polar surface area (TPSA) is 38.8 Å². The van der Waals surface area contributed by atoms with Crippen LogP contribution in [0.5, 0.6) is 0 Å². The van der Waals surface area contributed by atoms with Gasteiger partial charge in [-0.2, -0.15) is 0 Å². The predicted octanol–water partition coefficient (Wildman–Crippen LogP) is 5.93. The fourth-order valence-electron chi connectivity index (χ4n) is 3.38. The van der Waals surface area contributed by atoms with E-state index < -0.39 is 4.32 Å². The second-order valence-electron chi connectivity index (χ2n) is 6.87. The number of ether oxygens (including phenoxy) is 1. The minimum absolute atomic E-state index is 0.163. The number of halogens is 2. The maximum Gasteiger partial charge on any atom is 0.338 e. The molecule has 4 rings (SSSR count). The van der Waals surface area contributed by atoms with Gasteiger partial charge in [-0.25, -0.2) is 9.86 Å². The van der Waals surface area contributed by atoms with Crippen molar-refractivity contribution in [3.05, 3.63) is 101 Å². The first-order valence-electron chi connectivity index (χ1n) is 9.21. The van der Waals surface area contributed by atoms with Crippen LogP contribution in [0.1, 0.15) is 22.0 Å². The van der Waals surface area contributed by atoms with Crippen molar-refractivity contribution < 1.29 is 14.4 Å². The fourth-order valence-corrected chi connectivity index (χ4v) is 4.32. The van der Waals surface area contributed by atoms with Crippen LogP contribution in [0.2, 0.25) is 0 Å². The summed E-state index contributed by atoms with van der Waals surface area (Å²) in [5.74, 6) is -0.360.